The van der Waals surface area contributed by atoms with Crippen LogP contribution >= 0.6 is 24.0 Å². The van der Waals surface area contributed by atoms with Crippen LogP contribution < -0.4 is 14.2 Å². The second-order valence-electron chi connectivity index (χ2n) is 8.62. The molecular formula is C24H32Cl2N2O4S. The molecule has 9 heteroatoms. The van der Waals surface area contributed by atoms with Gasteiger partial charge in [-0.1, -0.05) is 11.6 Å². The van der Waals surface area contributed by atoms with Crippen molar-refractivity contribution in [1.29, 1.82) is 0 Å². The molecule has 2 aromatic carbocycles. The number of sulfonamides is 1. The maximum absolute atomic E-state index is 12.8. The lowest BCUT2D eigenvalue weighted by Crippen LogP contribution is -2.36. The summed E-state index contributed by atoms with van der Waals surface area (Å²) in [5.41, 5.74) is 5.43. The van der Waals surface area contributed by atoms with Crippen LogP contribution in [0.25, 0.3) is 0 Å². The standard InChI is InChI=1S/C24H31ClN2O4S.ClH/c1-15-13-22(16(2)12-19(15)25)32(28,29)26-9-5-10-27-11-8-17-14-21(30-3)24(31-4)18-6-7-20(27)23(17)18;/h12-14,20,26H,5-11H2,1-4H3;1H. The van der Waals surface area contributed by atoms with Crippen LogP contribution in [0.5, 0.6) is 11.5 Å². The number of aryl methyl sites for hydroxylation is 2. The second-order valence-corrected chi connectivity index (χ2v) is 10.8. The van der Waals surface area contributed by atoms with E-state index in [-0.39, 0.29) is 12.4 Å². The average molecular weight is 516 g/mol. The topological polar surface area (TPSA) is 67.9 Å². The Morgan fingerprint density at radius 2 is 1.88 bits per heavy atom. The molecule has 1 aliphatic carbocycles. The third-order valence-electron chi connectivity index (χ3n) is 6.67. The van der Waals surface area contributed by atoms with Gasteiger partial charge in [-0.05, 0) is 80.0 Å². The predicted molar refractivity (Wildman–Crippen MR) is 134 cm³/mol. The Morgan fingerprint density at radius 3 is 2.58 bits per heavy atom. The van der Waals surface area contributed by atoms with Crippen molar-refractivity contribution in [3.05, 3.63) is 51.0 Å². The van der Waals surface area contributed by atoms with Crippen molar-refractivity contribution in [2.24, 2.45) is 0 Å². The largest absolute Gasteiger partial charge is 0.493 e. The predicted octanol–water partition coefficient (Wildman–Crippen LogP) is 4.61. The summed E-state index contributed by atoms with van der Waals surface area (Å²) in [6.07, 6.45) is 3.75. The molecule has 0 spiro atoms. The number of ether oxygens (including phenoxy) is 2. The quantitative estimate of drug-likeness (QED) is 0.521. The van der Waals surface area contributed by atoms with Gasteiger partial charge in [-0.25, -0.2) is 13.1 Å². The highest BCUT2D eigenvalue weighted by Crippen LogP contribution is 2.48. The number of hydrogen-bond donors (Lipinski definition) is 1. The maximum Gasteiger partial charge on any atom is 0.240 e. The fourth-order valence-corrected chi connectivity index (χ4v) is 6.70. The molecule has 6 nitrogen and oxygen atoms in total. The first kappa shape index (κ1) is 26.1. The number of methoxy groups -OCH3 is 2. The zero-order chi connectivity index (χ0) is 23.0. The Morgan fingerprint density at radius 1 is 1.12 bits per heavy atom. The molecule has 0 amide bonds. The van der Waals surface area contributed by atoms with Gasteiger partial charge in [-0.2, -0.15) is 0 Å². The number of nitrogens with one attached hydrogen (secondary N) is 1. The Kier molecular flexibility index (Phi) is 8.23. The minimum Gasteiger partial charge on any atom is -0.493 e. The molecular weight excluding hydrogens is 483 g/mol. The molecule has 4 rings (SSSR count). The first-order valence-corrected chi connectivity index (χ1v) is 12.9. The lowest BCUT2D eigenvalue weighted by Gasteiger charge is -2.35. The van der Waals surface area contributed by atoms with Crippen molar-refractivity contribution < 1.29 is 17.9 Å². The van der Waals surface area contributed by atoms with E-state index in [4.69, 9.17) is 21.1 Å². The molecule has 0 saturated carbocycles. The summed E-state index contributed by atoms with van der Waals surface area (Å²) in [4.78, 5) is 2.78. The number of rotatable bonds is 8. The van der Waals surface area contributed by atoms with Crippen LogP contribution in [-0.2, 0) is 22.9 Å². The van der Waals surface area contributed by atoms with Gasteiger partial charge in [0.1, 0.15) is 0 Å². The van der Waals surface area contributed by atoms with Gasteiger partial charge in [0, 0.05) is 36.3 Å². The van der Waals surface area contributed by atoms with E-state index in [2.05, 4.69) is 15.7 Å². The summed E-state index contributed by atoms with van der Waals surface area (Å²) in [7, 11) is -0.179. The molecule has 0 fully saturated rings. The number of halogens is 2. The molecule has 1 heterocycles. The van der Waals surface area contributed by atoms with E-state index in [1.54, 1.807) is 33.3 Å². The highest BCUT2D eigenvalue weighted by molar-refractivity contribution is 7.89. The van der Waals surface area contributed by atoms with E-state index >= 15 is 0 Å². The zero-order valence-corrected chi connectivity index (χ0v) is 21.9. The molecule has 0 aromatic heterocycles. The van der Waals surface area contributed by atoms with E-state index < -0.39 is 10.0 Å². The lowest BCUT2D eigenvalue weighted by atomic mass is 9.92. The van der Waals surface area contributed by atoms with Crippen molar-refractivity contribution >= 4 is 34.0 Å². The third kappa shape index (κ3) is 4.98. The maximum atomic E-state index is 12.8. The first-order chi connectivity index (χ1) is 15.3. The van der Waals surface area contributed by atoms with Crippen LogP contribution in [-0.4, -0.2) is 47.2 Å². The van der Waals surface area contributed by atoms with Gasteiger partial charge in [-0.15, -0.1) is 12.4 Å². The van der Waals surface area contributed by atoms with Crippen molar-refractivity contribution in [3.63, 3.8) is 0 Å². The highest BCUT2D eigenvalue weighted by Gasteiger charge is 2.36. The molecule has 2 aliphatic rings. The van der Waals surface area contributed by atoms with Crippen molar-refractivity contribution in [1.82, 2.24) is 9.62 Å². The van der Waals surface area contributed by atoms with Crippen LogP contribution in [0.4, 0.5) is 0 Å². The van der Waals surface area contributed by atoms with Crippen LogP contribution in [0, 0.1) is 13.8 Å². The molecule has 1 unspecified atom stereocenters. The molecule has 1 N–H and O–H groups in total. The van der Waals surface area contributed by atoms with Crippen LogP contribution in [0.2, 0.25) is 5.02 Å². The van der Waals surface area contributed by atoms with Gasteiger partial charge in [0.15, 0.2) is 11.5 Å². The van der Waals surface area contributed by atoms with Crippen LogP contribution in [0.1, 0.15) is 46.7 Å². The van der Waals surface area contributed by atoms with Gasteiger partial charge in [0.05, 0.1) is 19.1 Å². The molecule has 1 atom stereocenters. The van der Waals surface area contributed by atoms with Gasteiger partial charge >= 0.3 is 0 Å². The number of hydrogen-bond acceptors (Lipinski definition) is 5. The summed E-state index contributed by atoms with van der Waals surface area (Å²) in [6, 6.07) is 5.84. The van der Waals surface area contributed by atoms with E-state index in [0.717, 1.165) is 55.8 Å². The normalized spacial score (nSPS) is 17.4. The van der Waals surface area contributed by atoms with E-state index in [9.17, 15) is 8.42 Å². The zero-order valence-electron chi connectivity index (χ0n) is 19.5. The van der Waals surface area contributed by atoms with Gasteiger partial charge in [0.2, 0.25) is 10.0 Å². The summed E-state index contributed by atoms with van der Waals surface area (Å²) in [5.74, 6) is 1.68. The minimum atomic E-state index is -3.56. The average Bonchev–Trinajstić information content (AvgIpc) is 3.21. The smallest absolute Gasteiger partial charge is 0.240 e. The van der Waals surface area contributed by atoms with Crippen molar-refractivity contribution in [2.45, 2.75) is 50.5 Å². The molecule has 0 radical (unpaired) electrons. The number of nitrogens with zero attached hydrogens (tertiary/aromatic N) is 1. The van der Waals surface area contributed by atoms with E-state index in [1.165, 1.54) is 16.7 Å². The fraction of sp³-hybridized carbons (Fsp3) is 0.500. The Labute approximate surface area is 208 Å². The van der Waals surface area contributed by atoms with Crippen molar-refractivity contribution in [3.8, 4) is 11.5 Å². The first-order valence-electron chi connectivity index (χ1n) is 11.0. The second kappa shape index (κ2) is 10.4. The Balaban J connectivity index is 0.00000306. The van der Waals surface area contributed by atoms with Gasteiger partial charge in [-0.3, -0.25) is 4.90 Å². The van der Waals surface area contributed by atoms with E-state index in [0.29, 0.717) is 28.1 Å². The summed E-state index contributed by atoms with van der Waals surface area (Å²) in [5, 5.41) is 0.581. The van der Waals surface area contributed by atoms with Crippen molar-refractivity contribution in [2.75, 3.05) is 33.9 Å². The van der Waals surface area contributed by atoms with Gasteiger partial charge in [0.25, 0.3) is 0 Å². The molecule has 2 aromatic rings. The molecule has 0 bridgehead atoms. The van der Waals surface area contributed by atoms with E-state index in [1.807, 2.05) is 6.92 Å². The summed E-state index contributed by atoms with van der Waals surface area (Å²) in [6.45, 7) is 5.80. The summed E-state index contributed by atoms with van der Waals surface area (Å²) < 4.78 is 39.6. The minimum absolute atomic E-state index is 0. The highest BCUT2D eigenvalue weighted by atomic mass is 35.5. The number of benzene rings is 2. The third-order valence-corrected chi connectivity index (χ3v) is 8.68. The Bertz CT molecular complexity index is 1140. The van der Waals surface area contributed by atoms with Crippen LogP contribution in [0.15, 0.2) is 23.1 Å². The lowest BCUT2D eigenvalue weighted by molar-refractivity contribution is 0.184. The summed E-state index contributed by atoms with van der Waals surface area (Å²) >= 11 is 6.12. The van der Waals surface area contributed by atoms with Crippen LogP contribution in [0.3, 0.4) is 0 Å². The Hall–Kier alpha value is -1.51. The monoisotopic (exact) mass is 514 g/mol. The molecule has 33 heavy (non-hydrogen) atoms. The molecule has 0 saturated heterocycles. The molecule has 182 valence electrons. The van der Waals surface area contributed by atoms with Gasteiger partial charge < -0.3 is 9.47 Å². The fourth-order valence-electron chi connectivity index (χ4n) is 5.10. The molecule has 1 aliphatic heterocycles. The SMILES string of the molecule is COc1cc2c3c(c1OC)CCC3N(CCCNS(=O)(=O)c1cc(C)c(Cl)cc1C)CC2.Cl.